The first kappa shape index (κ1) is 20.3. The number of esters is 2. The van der Waals surface area contributed by atoms with Crippen molar-refractivity contribution < 1.29 is 23.5 Å². The second kappa shape index (κ2) is 7.87. The van der Waals surface area contributed by atoms with Crippen LogP contribution < -0.4 is 10.4 Å². The molecule has 0 spiro atoms. The van der Waals surface area contributed by atoms with Gasteiger partial charge in [-0.05, 0) is 63.1 Å². The Morgan fingerprint density at radius 1 is 1.10 bits per heavy atom. The Morgan fingerprint density at radius 2 is 1.86 bits per heavy atom. The van der Waals surface area contributed by atoms with E-state index in [0.29, 0.717) is 16.5 Å². The number of ether oxygens (including phenoxy) is 2. The molecule has 0 saturated heterocycles. The van der Waals surface area contributed by atoms with Crippen molar-refractivity contribution in [3.8, 4) is 5.75 Å². The van der Waals surface area contributed by atoms with E-state index in [4.69, 9.17) is 13.9 Å². The first-order valence-corrected chi connectivity index (χ1v) is 9.01. The Labute approximate surface area is 167 Å². The lowest BCUT2D eigenvalue weighted by molar-refractivity contribution is -0.154. The number of pyridine rings is 1. The van der Waals surface area contributed by atoms with Crippen molar-refractivity contribution in [3.05, 3.63) is 69.8 Å². The van der Waals surface area contributed by atoms with Gasteiger partial charge in [0, 0.05) is 11.6 Å². The van der Waals surface area contributed by atoms with Crippen molar-refractivity contribution in [1.82, 2.24) is 4.98 Å². The molecule has 150 valence electrons. The summed E-state index contributed by atoms with van der Waals surface area (Å²) in [6.07, 6.45) is 3.00. The van der Waals surface area contributed by atoms with E-state index in [2.05, 4.69) is 4.98 Å². The van der Waals surface area contributed by atoms with Crippen LogP contribution >= 0.6 is 0 Å². The molecule has 0 aliphatic heterocycles. The summed E-state index contributed by atoms with van der Waals surface area (Å²) in [5, 5.41) is 0.517. The summed E-state index contributed by atoms with van der Waals surface area (Å²) in [6.45, 7) is 7.19. The van der Waals surface area contributed by atoms with Gasteiger partial charge in [0.2, 0.25) is 0 Å². The number of aromatic nitrogens is 1. The number of carbonyl (C=O) groups excluding carboxylic acids is 2. The highest BCUT2D eigenvalue weighted by Crippen LogP contribution is 2.20. The lowest BCUT2D eigenvalue weighted by Crippen LogP contribution is -2.22. The third-order valence-electron chi connectivity index (χ3n) is 4.06. The van der Waals surface area contributed by atoms with Gasteiger partial charge in [-0.1, -0.05) is 6.07 Å². The fourth-order valence-corrected chi connectivity index (χ4v) is 2.52. The smallest absolute Gasteiger partial charge is 0.351 e. The van der Waals surface area contributed by atoms with E-state index in [1.54, 1.807) is 51.2 Å². The summed E-state index contributed by atoms with van der Waals surface area (Å²) in [7, 11) is 0. The molecule has 0 unspecified atom stereocenters. The summed E-state index contributed by atoms with van der Waals surface area (Å²) >= 11 is 0. The molecule has 0 amide bonds. The van der Waals surface area contributed by atoms with Crippen molar-refractivity contribution in [3.63, 3.8) is 0 Å². The third-order valence-corrected chi connectivity index (χ3v) is 4.06. The van der Waals surface area contributed by atoms with Crippen LogP contribution in [0.15, 0.2) is 51.9 Å². The van der Waals surface area contributed by atoms with Gasteiger partial charge in [0.15, 0.2) is 0 Å². The number of nitrogens with zero attached hydrogens (tertiary/aromatic N) is 1. The molecular weight excluding hydrogens is 374 g/mol. The van der Waals surface area contributed by atoms with Gasteiger partial charge < -0.3 is 13.9 Å². The lowest BCUT2D eigenvalue weighted by atomic mass is 9.97. The highest BCUT2D eigenvalue weighted by Gasteiger charge is 2.23. The second-order valence-corrected chi connectivity index (χ2v) is 7.73. The minimum atomic E-state index is -0.836. The van der Waals surface area contributed by atoms with Crippen LogP contribution in [-0.4, -0.2) is 16.9 Å². The van der Waals surface area contributed by atoms with Gasteiger partial charge in [-0.3, -0.25) is 9.78 Å². The van der Waals surface area contributed by atoms with Crippen molar-refractivity contribution in [1.29, 1.82) is 0 Å². The fraction of sp³-hybridized carbons (Fsp3) is 0.273. The molecule has 7 heteroatoms. The third kappa shape index (κ3) is 4.87. The van der Waals surface area contributed by atoms with Gasteiger partial charge in [0.05, 0.1) is 11.6 Å². The largest absolute Gasteiger partial charge is 0.460 e. The Morgan fingerprint density at radius 3 is 2.55 bits per heavy atom. The van der Waals surface area contributed by atoms with Gasteiger partial charge >= 0.3 is 17.6 Å². The van der Waals surface area contributed by atoms with E-state index in [-0.39, 0.29) is 23.9 Å². The van der Waals surface area contributed by atoms with Crippen LogP contribution in [0.25, 0.3) is 11.0 Å². The number of hydrogen-bond donors (Lipinski definition) is 0. The Bertz CT molecular complexity index is 1140. The zero-order valence-electron chi connectivity index (χ0n) is 16.6. The van der Waals surface area contributed by atoms with Gasteiger partial charge in [-0.15, -0.1) is 0 Å². The standard InChI is InChI=1S/C22H21NO6/c1-13-7-16(11-23-10-13)28-19(24)17-9-15-8-14(5-6-18(15)29-20(17)25)12-27-21(26)22(2,3)4/h5-11H,12H2,1-4H3. The summed E-state index contributed by atoms with van der Waals surface area (Å²) in [5.41, 5.74) is 0.194. The zero-order valence-corrected chi connectivity index (χ0v) is 16.6. The molecule has 0 aliphatic carbocycles. The number of fused-ring (bicyclic) bond motifs is 1. The number of benzene rings is 1. The summed E-state index contributed by atoms with van der Waals surface area (Å²) in [4.78, 5) is 40.5. The molecule has 0 radical (unpaired) electrons. The number of aryl methyl sites for hydroxylation is 1. The predicted octanol–water partition coefficient (Wildman–Crippen LogP) is 3.80. The first-order valence-electron chi connectivity index (χ1n) is 9.01. The highest BCUT2D eigenvalue weighted by molar-refractivity contribution is 5.94. The van der Waals surface area contributed by atoms with E-state index in [1.807, 2.05) is 6.92 Å². The molecule has 7 nitrogen and oxygen atoms in total. The maximum atomic E-state index is 12.4. The van der Waals surface area contributed by atoms with E-state index < -0.39 is 17.0 Å². The predicted molar refractivity (Wildman–Crippen MR) is 106 cm³/mol. The zero-order chi connectivity index (χ0) is 21.2. The summed E-state index contributed by atoms with van der Waals surface area (Å²) in [6, 6.07) is 8.02. The highest BCUT2D eigenvalue weighted by atomic mass is 16.5. The van der Waals surface area contributed by atoms with Crippen LogP contribution in [-0.2, 0) is 16.1 Å². The SMILES string of the molecule is Cc1cncc(OC(=O)c2cc3cc(COC(=O)C(C)(C)C)ccc3oc2=O)c1. The van der Waals surface area contributed by atoms with Crippen LogP contribution in [0, 0.1) is 12.3 Å². The number of rotatable bonds is 4. The van der Waals surface area contributed by atoms with Crippen LogP contribution in [0.5, 0.6) is 5.75 Å². The molecule has 0 fully saturated rings. The van der Waals surface area contributed by atoms with Crippen molar-refractivity contribution >= 4 is 22.9 Å². The van der Waals surface area contributed by atoms with Gasteiger partial charge in [-0.25, -0.2) is 9.59 Å². The fourth-order valence-electron chi connectivity index (χ4n) is 2.52. The normalized spacial score (nSPS) is 11.3. The maximum Gasteiger partial charge on any atom is 0.351 e. The molecule has 2 aromatic heterocycles. The minimum Gasteiger partial charge on any atom is -0.460 e. The van der Waals surface area contributed by atoms with Gasteiger partial charge in [0.25, 0.3) is 0 Å². The molecule has 0 bridgehead atoms. The molecule has 0 atom stereocenters. The molecule has 0 aliphatic rings. The van der Waals surface area contributed by atoms with Gasteiger partial charge in [0.1, 0.15) is 23.5 Å². The average molecular weight is 395 g/mol. The minimum absolute atomic E-state index is 0.0694. The van der Waals surface area contributed by atoms with Gasteiger partial charge in [-0.2, -0.15) is 0 Å². The van der Waals surface area contributed by atoms with Crippen molar-refractivity contribution in [2.45, 2.75) is 34.3 Å². The second-order valence-electron chi connectivity index (χ2n) is 7.73. The molecule has 29 heavy (non-hydrogen) atoms. The van der Waals surface area contributed by atoms with E-state index >= 15 is 0 Å². The molecule has 3 rings (SSSR count). The molecular formula is C22H21NO6. The quantitative estimate of drug-likeness (QED) is 0.490. The van der Waals surface area contributed by atoms with E-state index in [9.17, 15) is 14.4 Å². The molecule has 1 aromatic carbocycles. The summed E-state index contributed by atoms with van der Waals surface area (Å²) in [5.74, 6) is -0.928. The van der Waals surface area contributed by atoms with E-state index in [1.165, 1.54) is 12.3 Å². The van der Waals surface area contributed by atoms with Crippen molar-refractivity contribution in [2.75, 3.05) is 0 Å². The molecule has 0 N–H and O–H groups in total. The van der Waals surface area contributed by atoms with Crippen LogP contribution in [0.2, 0.25) is 0 Å². The van der Waals surface area contributed by atoms with Crippen LogP contribution in [0.4, 0.5) is 0 Å². The number of carbonyl (C=O) groups is 2. The first-order chi connectivity index (χ1) is 13.6. The molecule has 0 saturated carbocycles. The summed E-state index contributed by atoms with van der Waals surface area (Å²) < 4.78 is 15.8. The Hall–Kier alpha value is -3.48. The van der Waals surface area contributed by atoms with E-state index in [0.717, 1.165) is 5.56 Å². The van der Waals surface area contributed by atoms with Crippen LogP contribution in [0.1, 0.15) is 42.3 Å². The van der Waals surface area contributed by atoms with Crippen molar-refractivity contribution in [2.24, 2.45) is 5.41 Å². The Balaban J connectivity index is 1.85. The lowest BCUT2D eigenvalue weighted by Gasteiger charge is -2.16. The molecule has 2 heterocycles. The average Bonchev–Trinajstić information content (AvgIpc) is 2.64. The van der Waals surface area contributed by atoms with Crippen LogP contribution in [0.3, 0.4) is 0 Å². The number of hydrogen-bond acceptors (Lipinski definition) is 7. The molecule has 3 aromatic rings. The topological polar surface area (TPSA) is 95.7 Å². The monoisotopic (exact) mass is 395 g/mol. The maximum absolute atomic E-state index is 12.4. The Kier molecular flexibility index (Phi) is 5.50.